The van der Waals surface area contributed by atoms with Gasteiger partial charge in [0.1, 0.15) is 0 Å². The summed E-state index contributed by atoms with van der Waals surface area (Å²) in [6, 6.07) is 3.72. The summed E-state index contributed by atoms with van der Waals surface area (Å²) >= 11 is 7.49. The quantitative estimate of drug-likeness (QED) is 0.759. The molecule has 2 nitrogen and oxygen atoms in total. The molecule has 1 aromatic heterocycles. The zero-order valence-corrected chi connectivity index (χ0v) is 9.79. The lowest BCUT2D eigenvalue weighted by Crippen LogP contribution is -2.20. The Morgan fingerprint density at radius 2 is 2.15 bits per heavy atom. The third-order valence-corrected chi connectivity index (χ3v) is 5.37. The number of thiophene rings is 1. The van der Waals surface area contributed by atoms with Crippen LogP contribution in [0.25, 0.3) is 0 Å². The van der Waals surface area contributed by atoms with E-state index >= 15 is 0 Å². The minimum atomic E-state index is -3.05. The van der Waals surface area contributed by atoms with E-state index < -0.39 is 20.5 Å². The maximum Gasteiger partial charge on any atom is 0.151 e. The highest BCUT2D eigenvalue weighted by atomic mass is 35.5. The smallest absolute Gasteiger partial charge is 0.151 e. The Morgan fingerprint density at radius 1 is 1.54 bits per heavy atom. The van der Waals surface area contributed by atoms with E-state index in [2.05, 4.69) is 0 Å². The summed E-state index contributed by atoms with van der Waals surface area (Å²) < 4.78 is 22.4. The van der Waals surface area contributed by atoms with E-state index in [4.69, 9.17) is 11.6 Å². The minimum Gasteiger partial charge on any atom is -0.229 e. The molecule has 1 heterocycles. The Morgan fingerprint density at radius 3 is 2.54 bits per heavy atom. The second-order valence-corrected chi connectivity index (χ2v) is 6.80. The first kappa shape index (κ1) is 11.0. The fourth-order valence-corrected chi connectivity index (χ4v) is 3.16. The van der Waals surface area contributed by atoms with Crippen LogP contribution in [0.1, 0.15) is 17.2 Å². The van der Waals surface area contributed by atoms with Crippen LogP contribution in [0, 0.1) is 0 Å². The van der Waals surface area contributed by atoms with E-state index in [0.29, 0.717) is 0 Å². The lowest BCUT2D eigenvalue weighted by atomic mass is 10.3. The predicted octanol–water partition coefficient (Wildman–Crippen LogP) is 2.46. The van der Waals surface area contributed by atoms with Gasteiger partial charge in [-0.25, -0.2) is 8.42 Å². The monoisotopic (exact) mass is 238 g/mol. The summed E-state index contributed by atoms with van der Waals surface area (Å²) in [4.78, 5) is 0.902. The molecule has 0 aliphatic heterocycles. The van der Waals surface area contributed by atoms with E-state index in [1.807, 2.05) is 17.5 Å². The van der Waals surface area contributed by atoms with Crippen LogP contribution in [0.2, 0.25) is 0 Å². The van der Waals surface area contributed by atoms with Gasteiger partial charge in [0.15, 0.2) is 9.84 Å². The van der Waals surface area contributed by atoms with Crippen LogP contribution in [0.5, 0.6) is 0 Å². The van der Waals surface area contributed by atoms with Gasteiger partial charge in [-0.05, 0) is 18.4 Å². The molecule has 0 aliphatic carbocycles. The predicted molar refractivity (Wildman–Crippen MR) is 57.2 cm³/mol. The van der Waals surface area contributed by atoms with Gasteiger partial charge in [-0.3, -0.25) is 0 Å². The van der Waals surface area contributed by atoms with Gasteiger partial charge in [0.05, 0.1) is 10.6 Å². The summed E-state index contributed by atoms with van der Waals surface area (Å²) in [7, 11) is -3.05. The van der Waals surface area contributed by atoms with Crippen molar-refractivity contribution in [3.05, 3.63) is 22.4 Å². The van der Waals surface area contributed by atoms with Gasteiger partial charge < -0.3 is 0 Å². The highest BCUT2D eigenvalue weighted by Crippen LogP contribution is 2.31. The topological polar surface area (TPSA) is 34.1 Å². The zero-order chi connectivity index (χ0) is 10.1. The van der Waals surface area contributed by atoms with Gasteiger partial charge in [0.25, 0.3) is 0 Å². The van der Waals surface area contributed by atoms with Crippen LogP contribution in [0.3, 0.4) is 0 Å². The molecule has 1 aromatic rings. The minimum absolute atomic E-state index is 0.435. The van der Waals surface area contributed by atoms with Gasteiger partial charge in [0.2, 0.25) is 0 Å². The Bertz CT molecular complexity index is 356. The molecule has 13 heavy (non-hydrogen) atoms. The maximum absolute atomic E-state index is 11.2. The van der Waals surface area contributed by atoms with Crippen LogP contribution in [0.15, 0.2) is 17.5 Å². The summed E-state index contributed by atoms with van der Waals surface area (Å²) in [6.07, 6.45) is 1.21. The van der Waals surface area contributed by atoms with Crippen molar-refractivity contribution < 1.29 is 8.42 Å². The summed E-state index contributed by atoms with van der Waals surface area (Å²) in [5.41, 5.74) is 0. The molecule has 0 fully saturated rings. The van der Waals surface area contributed by atoms with Crippen LogP contribution >= 0.6 is 22.9 Å². The molecule has 0 aliphatic rings. The van der Waals surface area contributed by atoms with Crippen LogP contribution in [-0.4, -0.2) is 19.9 Å². The first-order valence-electron chi connectivity index (χ1n) is 3.79. The Kier molecular flexibility index (Phi) is 3.38. The number of alkyl halides is 1. The summed E-state index contributed by atoms with van der Waals surface area (Å²) in [5.74, 6) is 0. The molecule has 0 saturated heterocycles. The SMILES string of the molecule is CC(C(Cl)c1cccs1)S(C)(=O)=O. The van der Waals surface area contributed by atoms with Crippen molar-refractivity contribution in [2.24, 2.45) is 0 Å². The second-order valence-electron chi connectivity index (χ2n) is 2.95. The fourth-order valence-electron chi connectivity index (χ4n) is 0.897. The number of halogens is 1. The lowest BCUT2D eigenvalue weighted by molar-refractivity contribution is 0.587. The molecule has 0 radical (unpaired) electrons. The zero-order valence-electron chi connectivity index (χ0n) is 7.40. The van der Waals surface area contributed by atoms with Crippen LogP contribution in [0.4, 0.5) is 0 Å². The molecule has 5 heteroatoms. The molecule has 1 rings (SSSR count). The van der Waals surface area contributed by atoms with Crippen molar-refractivity contribution in [2.75, 3.05) is 6.26 Å². The van der Waals surface area contributed by atoms with Crippen molar-refractivity contribution in [1.82, 2.24) is 0 Å². The fraction of sp³-hybridized carbons (Fsp3) is 0.500. The van der Waals surface area contributed by atoms with E-state index in [1.165, 1.54) is 17.6 Å². The van der Waals surface area contributed by atoms with Gasteiger partial charge >= 0.3 is 0 Å². The molecule has 0 saturated carbocycles. The van der Waals surface area contributed by atoms with Gasteiger partial charge in [-0.15, -0.1) is 22.9 Å². The van der Waals surface area contributed by atoms with E-state index in [0.717, 1.165) is 4.88 Å². The average Bonchev–Trinajstić information content (AvgIpc) is 2.51. The molecule has 0 aromatic carbocycles. The molecule has 2 atom stereocenters. The molecule has 74 valence electrons. The van der Waals surface area contributed by atoms with Crippen molar-refractivity contribution in [3.8, 4) is 0 Å². The lowest BCUT2D eigenvalue weighted by Gasteiger charge is -2.14. The molecular formula is C8H11ClO2S2. The first-order valence-corrected chi connectivity index (χ1v) is 7.06. The standard InChI is InChI=1S/C8H11ClO2S2/c1-6(13(2,10)11)8(9)7-4-3-5-12-7/h3-6,8H,1-2H3. The third kappa shape index (κ3) is 2.69. The Labute approximate surface area is 87.5 Å². The van der Waals surface area contributed by atoms with Crippen molar-refractivity contribution in [2.45, 2.75) is 17.6 Å². The highest BCUT2D eigenvalue weighted by Gasteiger charge is 2.25. The highest BCUT2D eigenvalue weighted by molar-refractivity contribution is 7.91. The Hall–Kier alpha value is -0.0600. The number of sulfone groups is 1. The summed E-state index contributed by atoms with van der Waals surface area (Å²) in [5, 5.41) is 0.919. The van der Waals surface area contributed by atoms with E-state index in [9.17, 15) is 8.42 Å². The Balaban J connectivity index is 2.86. The van der Waals surface area contributed by atoms with Gasteiger partial charge in [0, 0.05) is 11.1 Å². The molecule has 0 bridgehead atoms. The first-order chi connectivity index (χ1) is 5.93. The maximum atomic E-state index is 11.2. The van der Waals surface area contributed by atoms with E-state index in [-0.39, 0.29) is 0 Å². The van der Waals surface area contributed by atoms with Gasteiger partial charge in [-0.2, -0.15) is 0 Å². The number of rotatable bonds is 3. The average molecular weight is 239 g/mol. The van der Waals surface area contributed by atoms with Crippen LogP contribution in [-0.2, 0) is 9.84 Å². The number of hydrogen-bond donors (Lipinski definition) is 0. The molecule has 2 unspecified atom stereocenters. The van der Waals surface area contributed by atoms with Crippen molar-refractivity contribution >= 4 is 32.8 Å². The van der Waals surface area contributed by atoms with Crippen molar-refractivity contribution in [1.29, 1.82) is 0 Å². The second kappa shape index (κ2) is 3.98. The normalized spacial score (nSPS) is 16.8. The van der Waals surface area contributed by atoms with Crippen LogP contribution < -0.4 is 0 Å². The molecule has 0 N–H and O–H groups in total. The molecule has 0 spiro atoms. The third-order valence-electron chi connectivity index (χ3n) is 1.90. The largest absolute Gasteiger partial charge is 0.229 e. The molecular weight excluding hydrogens is 228 g/mol. The summed E-state index contributed by atoms with van der Waals surface area (Å²) in [6.45, 7) is 1.63. The van der Waals surface area contributed by atoms with Gasteiger partial charge in [-0.1, -0.05) is 6.07 Å². The number of hydrogen-bond acceptors (Lipinski definition) is 3. The van der Waals surface area contributed by atoms with Crippen molar-refractivity contribution in [3.63, 3.8) is 0 Å². The molecule has 0 amide bonds. The van der Waals surface area contributed by atoms with E-state index in [1.54, 1.807) is 6.92 Å².